The molecule has 1 aromatic carbocycles. The van der Waals surface area contributed by atoms with Crippen molar-refractivity contribution in [3.05, 3.63) is 72.4 Å². The Kier molecular flexibility index (Phi) is 4.16. The number of hydrogen-bond donors (Lipinski definition) is 1. The van der Waals surface area contributed by atoms with E-state index in [9.17, 15) is 4.79 Å². The number of aromatic nitrogens is 3. The fraction of sp³-hybridized carbons (Fsp3) is 0.211. The molecular formula is C19H18N4O2. The van der Waals surface area contributed by atoms with Gasteiger partial charge >= 0.3 is 0 Å². The van der Waals surface area contributed by atoms with E-state index in [1.165, 1.54) is 0 Å². The summed E-state index contributed by atoms with van der Waals surface area (Å²) < 4.78 is 7.86. The van der Waals surface area contributed by atoms with Crippen molar-refractivity contribution in [3.8, 4) is 11.6 Å². The van der Waals surface area contributed by atoms with Crippen LogP contribution in [0.25, 0.3) is 0 Å². The quantitative estimate of drug-likeness (QED) is 0.796. The summed E-state index contributed by atoms with van der Waals surface area (Å²) in [5.41, 5.74) is 0.433. The zero-order valence-corrected chi connectivity index (χ0v) is 13.6. The molecule has 0 saturated heterocycles. The summed E-state index contributed by atoms with van der Waals surface area (Å²) in [4.78, 5) is 21.2. The van der Waals surface area contributed by atoms with Crippen molar-refractivity contribution in [3.63, 3.8) is 0 Å². The van der Waals surface area contributed by atoms with Crippen molar-refractivity contribution in [2.45, 2.75) is 25.4 Å². The van der Waals surface area contributed by atoms with Gasteiger partial charge in [-0.2, -0.15) is 0 Å². The molecular weight excluding hydrogens is 316 g/mol. The summed E-state index contributed by atoms with van der Waals surface area (Å²) >= 11 is 0. The second-order valence-electron chi connectivity index (χ2n) is 5.98. The van der Waals surface area contributed by atoms with Gasteiger partial charge in [-0.25, -0.2) is 9.97 Å². The van der Waals surface area contributed by atoms with Crippen LogP contribution >= 0.6 is 0 Å². The van der Waals surface area contributed by atoms with Gasteiger partial charge in [-0.1, -0.05) is 18.2 Å². The largest absolute Gasteiger partial charge is 0.438 e. The van der Waals surface area contributed by atoms with E-state index in [-0.39, 0.29) is 11.9 Å². The number of nitrogens with zero attached hydrogens (tertiary/aromatic N) is 3. The second kappa shape index (κ2) is 6.76. The summed E-state index contributed by atoms with van der Waals surface area (Å²) in [6.45, 7) is 0.732. The maximum absolute atomic E-state index is 12.7. The Bertz CT molecular complexity index is 876. The van der Waals surface area contributed by atoms with Crippen LogP contribution in [0.3, 0.4) is 0 Å². The molecule has 3 aromatic rings. The van der Waals surface area contributed by atoms with Crippen LogP contribution in [0.1, 0.15) is 22.6 Å². The molecule has 1 atom stereocenters. The molecule has 0 aliphatic carbocycles. The summed E-state index contributed by atoms with van der Waals surface area (Å²) in [6, 6.07) is 12.9. The van der Waals surface area contributed by atoms with E-state index < -0.39 is 0 Å². The number of carbonyl (C=O) groups excluding carboxylic acids is 1. The number of benzene rings is 1. The molecule has 0 bridgehead atoms. The monoisotopic (exact) mass is 334 g/mol. The van der Waals surface area contributed by atoms with E-state index in [4.69, 9.17) is 4.74 Å². The highest BCUT2D eigenvalue weighted by molar-refractivity contribution is 5.96. The van der Waals surface area contributed by atoms with Crippen LogP contribution in [0.5, 0.6) is 11.6 Å². The first-order chi connectivity index (χ1) is 12.3. The molecule has 4 rings (SSSR count). The Balaban J connectivity index is 1.49. The van der Waals surface area contributed by atoms with E-state index >= 15 is 0 Å². The van der Waals surface area contributed by atoms with Gasteiger partial charge in [-0.05, 0) is 30.7 Å². The Morgan fingerprint density at radius 1 is 1.12 bits per heavy atom. The first kappa shape index (κ1) is 15.4. The molecule has 6 nitrogen and oxygen atoms in total. The van der Waals surface area contributed by atoms with Crippen LogP contribution in [-0.4, -0.2) is 26.5 Å². The van der Waals surface area contributed by atoms with Crippen LogP contribution < -0.4 is 10.1 Å². The summed E-state index contributed by atoms with van der Waals surface area (Å²) in [5.74, 6) is 1.86. The highest BCUT2D eigenvalue weighted by atomic mass is 16.5. The number of amides is 1. The first-order valence-corrected chi connectivity index (χ1v) is 8.28. The molecule has 2 aromatic heterocycles. The van der Waals surface area contributed by atoms with E-state index in [1.807, 2.05) is 36.5 Å². The van der Waals surface area contributed by atoms with E-state index in [2.05, 4.69) is 19.9 Å². The molecule has 25 heavy (non-hydrogen) atoms. The van der Waals surface area contributed by atoms with Crippen molar-refractivity contribution < 1.29 is 9.53 Å². The van der Waals surface area contributed by atoms with Gasteiger partial charge in [0.2, 0.25) is 5.88 Å². The highest BCUT2D eigenvalue weighted by Crippen LogP contribution is 2.23. The predicted octanol–water partition coefficient (Wildman–Crippen LogP) is 2.82. The molecule has 0 spiro atoms. The van der Waals surface area contributed by atoms with Gasteiger partial charge in [0.15, 0.2) is 0 Å². The van der Waals surface area contributed by atoms with E-state index in [0.717, 1.165) is 25.2 Å². The maximum atomic E-state index is 12.7. The summed E-state index contributed by atoms with van der Waals surface area (Å²) in [7, 11) is 0. The van der Waals surface area contributed by atoms with Crippen LogP contribution in [0.4, 0.5) is 0 Å². The van der Waals surface area contributed by atoms with Gasteiger partial charge in [0.05, 0.1) is 0 Å². The zero-order chi connectivity index (χ0) is 17.1. The van der Waals surface area contributed by atoms with Gasteiger partial charge in [-0.15, -0.1) is 0 Å². The lowest BCUT2D eigenvalue weighted by Crippen LogP contribution is -2.41. The third kappa shape index (κ3) is 3.38. The smallest absolute Gasteiger partial charge is 0.257 e. The topological polar surface area (TPSA) is 69.0 Å². The number of pyridine rings is 1. The SMILES string of the molecule is O=C(N[C@H]1CCc2nccn2C1)c1cccnc1Oc1ccccc1. The normalized spacial score (nSPS) is 16.1. The summed E-state index contributed by atoms with van der Waals surface area (Å²) in [6.07, 6.45) is 7.10. The number of carbonyl (C=O) groups is 1. The fourth-order valence-electron chi connectivity index (χ4n) is 2.99. The molecule has 0 unspecified atom stereocenters. The van der Waals surface area contributed by atoms with Crippen molar-refractivity contribution in [1.29, 1.82) is 0 Å². The highest BCUT2D eigenvalue weighted by Gasteiger charge is 2.22. The molecule has 1 N–H and O–H groups in total. The number of imidazole rings is 1. The predicted molar refractivity (Wildman–Crippen MR) is 92.6 cm³/mol. The van der Waals surface area contributed by atoms with E-state index in [1.54, 1.807) is 24.5 Å². The Labute approximate surface area is 145 Å². The standard InChI is InChI=1S/C19H18N4O2/c24-18(22-14-8-9-17-20-11-12-23(17)13-14)16-7-4-10-21-19(16)25-15-5-2-1-3-6-15/h1-7,10-12,14H,8-9,13H2,(H,22,24)/t14-/m0/s1. The zero-order valence-electron chi connectivity index (χ0n) is 13.6. The van der Waals surface area contributed by atoms with Crippen LogP contribution in [0.15, 0.2) is 61.1 Å². The van der Waals surface area contributed by atoms with Gasteiger partial charge in [0, 0.05) is 37.6 Å². The number of nitrogens with one attached hydrogen (secondary N) is 1. The molecule has 126 valence electrons. The lowest BCUT2D eigenvalue weighted by Gasteiger charge is -2.25. The summed E-state index contributed by atoms with van der Waals surface area (Å²) in [5, 5.41) is 3.08. The third-order valence-corrected chi connectivity index (χ3v) is 4.24. The molecule has 3 heterocycles. The molecule has 1 aliphatic rings. The van der Waals surface area contributed by atoms with Crippen molar-refractivity contribution in [2.24, 2.45) is 0 Å². The average Bonchev–Trinajstić information content (AvgIpc) is 3.11. The maximum Gasteiger partial charge on any atom is 0.257 e. The number of aryl methyl sites for hydroxylation is 1. The number of rotatable bonds is 4. The average molecular weight is 334 g/mol. The Hall–Kier alpha value is -3.15. The molecule has 1 amide bonds. The number of para-hydroxylation sites is 1. The van der Waals surface area contributed by atoms with Gasteiger partial charge in [0.25, 0.3) is 5.91 Å². The van der Waals surface area contributed by atoms with Crippen molar-refractivity contribution >= 4 is 5.91 Å². The lowest BCUT2D eigenvalue weighted by molar-refractivity contribution is 0.0924. The van der Waals surface area contributed by atoms with Gasteiger partial charge in [0.1, 0.15) is 17.1 Å². The number of ether oxygens (including phenoxy) is 1. The van der Waals surface area contributed by atoms with Crippen molar-refractivity contribution in [2.75, 3.05) is 0 Å². The molecule has 6 heteroatoms. The molecule has 0 fully saturated rings. The first-order valence-electron chi connectivity index (χ1n) is 8.28. The minimum absolute atomic E-state index is 0.0685. The molecule has 0 saturated carbocycles. The van der Waals surface area contributed by atoms with Crippen molar-refractivity contribution in [1.82, 2.24) is 19.9 Å². The van der Waals surface area contributed by atoms with Crippen LogP contribution in [0.2, 0.25) is 0 Å². The van der Waals surface area contributed by atoms with Gasteiger partial charge < -0.3 is 14.6 Å². The van der Waals surface area contributed by atoms with Crippen LogP contribution in [0, 0.1) is 0 Å². The minimum Gasteiger partial charge on any atom is -0.438 e. The fourth-order valence-corrected chi connectivity index (χ4v) is 2.99. The minimum atomic E-state index is -0.174. The molecule has 1 aliphatic heterocycles. The Morgan fingerprint density at radius 3 is 2.88 bits per heavy atom. The second-order valence-corrected chi connectivity index (χ2v) is 5.98. The number of hydrogen-bond acceptors (Lipinski definition) is 4. The Morgan fingerprint density at radius 2 is 2.00 bits per heavy atom. The lowest BCUT2D eigenvalue weighted by atomic mass is 10.1. The van der Waals surface area contributed by atoms with Crippen LogP contribution in [-0.2, 0) is 13.0 Å². The number of fused-ring (bicyclic) bond motifs is 1. The van der Waals surface area contributed by atoms with E-state index in [0.29, 0.717) is 17.2 Å². The molecule has 0 radical (unpaired) electrons. The third-order valence-electron chi connectivity index (χ3n) is 4.24. The van der Waals surface area contributed by atoms with Gasteiger partial charge in [-0.3, -0.25) is 4.79 Å².